The van der Waals surface area contributed by atoms with E-state index in [1.165, 1.54) is 0 Å². The third-order valence-corrected chi connectivity index (χ3v) is 3.69. The Balaban J connectivity index is 2.23. The first-order valence-corrected chi connectivity index (χ1v) is 6.96. The summed E-state index contributed by atoms with van der Waals surface area (Å²) in [6.07, 6.45) is 1.17. The van der Waals surface area contributed by atoms with E-state index in [0.717, 1.165) is 5.69 Å². The summed E-state index contributed by atoms with van der Waals surface area (Å²) in [5.74, 6) is 0.492. The fraction of sp³-hybridized carbons (Fsp3) is 0.429. The minimum absolute atomic E-state index is 0.182. The Bertz CT molecular complexity index is 632. The lowest BCUT2D eigenvalue weighted by Crippen LogP contribution is -2.50. The Morgan fingerprint density at radius 1 is 1.38 bits per heavy atom. The van der Waals surface area contributed by atoms with Crippen LogP contribution in [0, 0.1) is 6.92 Å². The Morgan fingerprint density at radius 2 is 2.10 bits per heavy atom. The number of anilines is 1. The molecule has 1 amide bonds. The zero-order valence-electron chi connectivity index (χ0n) is 12.5. The molecule has 1 aromatic heterocycles. The standard InChI is InChI=1S/C14H20N6O/c1-4-14(15,5-2)13(21)16-11-7-6-8-12(9-11)20-10(3)17-18-19-20/h6-9H,4-5,15H2,1-3H3,(H,16,21). The quantitative estimate of drug-likeness (QED) is 0.867. The molecule has 0 aliphatic heterocycles. The highest BCUT2D eigenvalue weighted by Gasteiger charge is 2.29. The van der Waals surface area contributed by atoms with E-state index in [1.54, 1.807) is 4.68 Å². The zero-order valence-corrected chi connectivity index (χ0v) is 12.5. The van der Waals surface area contributed by atoms with Gasteiger partial charge in [0.05, 0.1) is 11.2 Å². The van der Waals surface area contributed by atoms with E-state index in [0.29, 0.717) is 24.4 Å². The molecule has 21 heavy (non-hydrogen) atoms. The first-order valence-electron chi connectivity index (χ1n) is 6.96. The minimum Gasteiger partial charge on any atom is -0.324 e. The van der Waals surface area contributed by atoms with Crippen molar-refractivity contribution in [1.29, 1.82) is 0 Å². The van der Waals surface area contributed by atoms with Crippen molar-refractivity contribution in [2.24, 2.45) is 5.73 Å². The predicted octanol–water partition coefficient (Wildman–Crippen LogP) is 1.43. The van der Waals surface area contributed by atoms with Crippen molar-refractivity contribution in [2.45, 2.75) is 39.2 Å². The second kappa shape index (κ2) is 6.01. The molecular weight excluding hydrogens is 268 g/mol. The normalized spacial score (nSPS) is 11.4. The summed E-state index contributed by atoms with van der Waals surface area (Å²) >= 11 is 0. The highest BCUT2D eigenvalue weighted by molar-refractivity contribution is 5.98. The second-order valence-corrected chi connectivity index (χ2v) is 5.01. The Labute approximate surface area is 123 Å². The second-order valence-electron chi connectivity index (χ2n) is 5.01. The molecule has 7 nitrogen and oxygen atoms in total. The number of hydrogen-bond acceptors (Lipinski definition) is 5. The van der Waals surface area contributed by atoms with Gasteiger partial charge in [0, 0.05) is 5.69 Å². The van der Waals surface area contributed by atoms with Gasteiger partial charge in [0.15, 0.2) is 5.82 Å². The Morgan fingerprint density at radius 3 is 2.67 bits per heavy atom. The molecule has 0 saturated heterocycles. The lowest BCUT2D eigenvalue weighted by molar-refractivity contribution is -0.121. The summed E-state index contributed by atoms with van der Waals surface area (Å²) in [6.45, 7) is 5.62. The number of hydrogen-bond donors (Lipinski definition) is 2. The van der Waals surface area contributed by atoms with E-state index in [-0.39, 0.29) is 5.91 Å². The molecule has 3 N–H and O–H groups in total. The molecule has 0 spiro atoms. The summed E-state index contributed by atoms with van der Waals surface area (Å²) in [6, 6.07) is 7.33. The largest absolute Gasteiger partial charge is 0.324 e. The monoisotopic (exact) mass is 288 g/mol. The van der Waals surface area contributed by atoms with Gasteiger partial charge in [-0.2, -0.15) is 4.68 Å². The maximum Gasteiger partial charge on any atom is 0.244 e. The molecule has 112 valence electrons. The van der Waals surface area contributed by atoms with Gasteiger partial charge in [0.2, 0.25) is 5.91 Å². The van der Waals surface area contributed by atoms with Gasteiger partial charge in [-0.1, -0.05) is 19.9 Å². The highest BCUT2D eigenvalue weighted by Crippen LogP contribution is 2.18. The number of carbonyl (C=O) groups is 1. The van der Waals surface area contributed by atoms with Gasteiger partial charge in [0.25, 0.3) is 0 Å². The maximum atomic E-state index is 12.3. The average molecular weight is 288 g/mol. The zero-order chi connectivity index (χ0) is 15.5. The number of aryl methyl sites for hydroxylation is 1. The van der Waals surface area contributed by atoms with E-state index < -0.39 is 5.54 Å². The van der Waals surface area contributed by atoms with Crippen LogP contribution in [0.3, 0.4) is 0 Å². The third-order valence-electron chi connectivity index (χ3n) is 3.69. The van der Waals surface area contributed by atoms with Crippen LogP contribution in [0.4, 0.5) is 5.69 Å². The predicted molar refractivity (Wildman–Crippen MR) is 80.0 cm³/mol. The first kappa shape index (κ1) is 15.1. The molecule has 0 radical (unpaired) electrons. The molecule has 0 atom stereocenters. The smallest absolute Gasteiger partial charge is 0.244 e. The van der Waals surface area contributed by atoms with Gasteiger partial charge < -0.3 is 11.1 Å². The summed E-state index contributed by atoms with van der Waals surface area (Å²) < 4.78 is 1.60. The molecule has 0 bridgehead atoms. The lowest BCUT2D eigenvalue weighted by atomic mass is 9.93. The SMILES string of the molecule is CCC(N)(CC)C(=O)Nc1cccc(-n2nnnc2C)c1. The Kier molecular flexibility index (Phi) is 4.32. The molecule has 2 aromatic rings. The number of rotatable bonds is 5. The fourth-order valence-electron chi connectivity index (χ4n) is 2.01. The van der Waals surface area contributed by atoms with Gasteiger partial charge in [0.1, 0.15) is 0 Å². The van der Waals surface area contributed by atoms with Gasteiger partial charge in [-0.3, -0.25) is 4.79 Å². The number of tetrazole rings is 1. The number of nitrogens with two attached hydrogens (primary N) is 1. The van der Waals surface area contributed by atoms with Crippen LogP contribution in [-0.4, -0.2) is 31.7 Å². The molecular formula is C14H20N6O. The van der Waals surface area contributed by atoms with Crippen LogP contribution in [0.1, 0.15) is 32.5 Å². The van der Waals surface area contributed by atoms with Crippen LogP contribution in [0.15, 0.2) is 24.3 Å². The summed E-state index contributed by atoms with van der Waals surface area (Å²) in [5, 5.41) is 14.2. The topological polar surface area (TPSA) is 98.7 Å². The van der Waals surface area contributed by atoms with Crippen LogP contribution in [0.25, 0.3) is 5.69 Å². The third kappa shape index (κ3) is 3.08. The number of nitrogens with one attached hydrogen (secondary N) is 1. The molecule has 0 fully saturated rings. The average Bonchev–Trinajstić information content (AvgIpc) is 2.92. The van der Waals surface area contributed by atoms with Crippen molar-refractivity contribution in [1.82, 2.24) is 20.2 Å². The van der Waals surface area contributed by atoms with Crippen molar-refractivity contribution < 1.29 is 4.79 Å². The first-order chi connectivity index (χ1) is 10.00. The molecule has 7 heteroatoms. The fourth-order valence-corrected chi connectivity index (χ4v) is 2.01. The van der Waals surface area contributed by atoms with Gasteiger partial charge in [-0.25, -0.2) is 0 Å². The van der Waals surface area contributed by atoms with Gasteiger partial charge in [-0.05, 0) is 48.4 Å². The van der Waals surface area contributed by atoms with Gasteiger partial charge >= 0.3 is 0 Å². The number of amides is 1. The number of aromatic nitrogens is 4. The van der Waals surface area contributed by atoms with Crippen LogP contribution < -0.4 is 11.1 Å². The van der Waals surface area contributed by atoms with Crippen LogP contribution in [0.5, 0.6) is 0 Å². The van der Waals surface area contributed by atoms with E-state index in [4.69, 9.17) is 5.73 Å². The number of benzene rings is 1. The van der Waals surface area contributed by atoms with E-state index in [9.17, 15) is 4.79 Å². The van der Waals surface area contributed by atoms with Crippen LogP contribution in [-0.2, 0) is 4.79 Å². The van der Waals surface area contributed by atoms with Gasteiger partial charge in [-0.15, -0.1) is 5.10 Å². The van der Waals surface area contributed by atoms with Crippen LogP contribution >= 0.6 is 0 Å². The molecule has 1 heterocycles. The Hall–Kier alpha value is -2.28. The van der Waals surface area contributed by atoms with Crippen molar-refractivity contribution in [2.75, 3.05) is 5.32 Å². The van der Waals surface area contributed by atoms with Crippen molar-refractivity contribution in [3.63, 3.8) is 0 Å². The lowest BCUT2D eigenvalue weighted by Gasteiger charge is -2.25. The molecule has 2 rings (SSSR count). The highest BCUT2D eigenvalue weighted by atomic mass is 16.2. The summed E-state index contributed by atoms with van der Waals surface area (Å²) in [5.41, 5.74) is 6.70. The minimum atomic E-state index is -0.846. The molecule has 0 saturated carbocycles. The molecule has 0 aliphatic carbocycles. The molecule has 1 aromatic carbocycles. The molecule has 0 aliphatic rings. The van der Waals surface area contributed by atoms with Crippen molar-refractivity contribution in [3.8, 4) is 5.69 Å². The maximum absolute atomic E-state index is 12.3. The summed E-state index contributed by atoms with van der Waals surface area (Å²) in [4.78, 5) is 12.3. The number of carbonyl (C=O) groups excluding carboxylic acids is 1. The van der Waals surface area contributed by atoms with E-state index >= 15 is 0 Å². The van der Waals surface area contributed by atoms with Crippen LogP contribution in [0.2, 0.25) is 0 Å². The van der Waals surface area contributed by atoms with Crippen molar-refractivity contribution in [3.05, 3.63) is 30.1 Å². The summed E-state index contributed by atoms with van der Waals surface area (Å²) in [7, 11) is 0. The van der Waals surface area contributed by atoms with E-state index in [1.807, 2.05) is 45.0 Å². The molecule has 0 unspecified atom stereocenters. The van der Waals surface area contributed by atoms with E-state index in [2.05, 4.69) is 20.8 Å². The van der Waals surface area contributed by atoms with Crippen molar-refractivity contribution >= 4 is 11.6 Å². The number of nitrogens with zero attached hydrogens (tertiary/aromatic N) is 4.